The van der Waals surface area contributed by atoms with Gasteiger partial charge in [0.2, 0.25) is 0 Å². The number of nitrogens with two attached hydrogens (primary N) is 1. The van der Waals surface area contributed by atoms with Crippen LogP contribution in [-0.2, 0) is 6.54 Å². The maximum atomic E-state index is 9.55. The van der Waals surface area contributed by atoms with Crippen LogP contribution in [0.2, 0.25) is 5.02 Å². The van der Waals surface area contributed by atoms with E-state index in [1.165, 1.54) is 0 Å². The number of halogens is 1. The molecule has 4 heteroatoms. The molecule has 0 saturated heterocycles. The highest BCUT2D eigenvalue weighted by Gasteiger charge is 2.08. The number of nitrogens with zero attached hydrogens (tertiary/aromatic N) is 1. The van der Waals surface area contributed by atoms with Gasteiger partial charge in [-0.1, -0.05) is 23.7 Å². The van der Waals surface area contributed by atoms with Crippen molar-refractivity contribution < 1.29 is 5.11 Å². The zero-order valence-corrected chi connectivity index (χ0v) is 11.6. The van der Waals surface area contributed by atoms with Gasteiger partial charge in [-0.3, -0.25) is 0 Å². The highest BCUT2D eigenvalue weighted by molar-refractivity contribution is 6.30. The van der Waals surface area contributed by atoms with Gasteiger partial charge in [-0.05, 0) is 36.8 Å². The van der Waals surface area contributed by atoms with Gasteiger partial charge in [-0.15, -0.1) is 0 Å². The first-order valence-electron chi connectivity index (χ1n) is 6.18. The van der Waals surface area contributed by atoms with Gasteiger partial charge >= 0.3 is 0 Å². The van der Waals surface area contributed by atoms with E-state index < -0.39 is 0 Å². The average molecular weight is 277 g/mol. The van der Waals surface area contributed by atoms with Gasteiger partial charge in [0, 0.05) is 35.6 Å². The number of hydrogen-bond donors (Lipinski definition) is 2. The molecule has 0 amide bonds. The second kappa shape index (κ2) is 5.85. The molecule has 2 rings (SSSR count). The molecule has 0 saturated carbocycles. The molecule has 0 radical (unpaired) electrons. The average Bonchev–Trinajstić information content (AvgIpc) is 2.38. The fraction of sp³-hybridized carbons (Fsp3) is 0.200. The lowest BCUT2D eigenvalue weighted by Crippen LogP contribution is -2.22. The molecule has 0 atom stereocenters. The fourth-order valence-corrected chi connectivity index (χ4v) is 2.17. The number of benzene rings is 2. The number of phenolic OH excluding ortho intramolecular Hbond substituents is 1. The number of rotatable bonds is 4. The van der Waals surface area contributed by atoms with Crippen molar-refractivity contribution in [1.29, 1.82) is 0 Å². The molecule has 0 aliphatic heterocycles. The minimum absolute atomic E-state index is 0.264. The predicted molar refractivity (Wildman–Crippen MR) is 80.7 cm³/mol. The third kappa shape index (κ3) is 3.32. The Morgan fingerprint density at radius 1 is 1.21 bits per heavy atom. The van der Waals surface area contributed by atoms with Gasteiger partial charge < -0.3 is 15.7 Å². The van der Waals surface area contributed by atoms with E-state index in [1.54, 1.807) is 18.2 Å². The van der Waals surface area contributed by atoms with Gasteiger partial charge in [0.25, 0.3) is 0 Å². The quantitative estimate of drug-likeness (QED) is 0.838. The van der Waals surface area contributed by atoms with Crippen LogP contribution in [0.4, 0.5) is 11.4 Å². The zero-order valence-electron chi connectivity index (χ0n) is 10.8. The van der Waals surface area contributed by atoms with Crippen LogP contribution in [0.15, 0.2) is 42.5 Å². The predicted octanol–water partition coefficient (Wildman–Crippen LogP) is 3.65. The van der Waals surface area contributed by atoms with Crippen LogP contribution in [0.1, 0.15) is 12.5 Å². The van der Waals surface area contributed by atoms with Crippen LogP contribution in [0.25, 0.3) is 0 Å². The lowest BCUT2D eigenvalue weighted by molar-refractivity contribution is 0.475. The minimum Gasteiger partial charge on any atom is -0.508 e. The second-order valence-corrected chi connectivity index (χ2v) is 4.81. The maximum absolute atomic E-state index is 9.55. The van der Waals surface area contributed by atoms with Gasteiger partial charge in [-0.25, -0.2) is 0 Å². The number of anilines is 2. The largest absolute Gasteiger partial charge is 0.508 e. The van der Waals surface area contributed by atoms with Crippen molar-refractivity contribution in [3.8, 4) is 5.75 Å². The van der Waals surface area contributed by atoms with Crippen LogP contribution in [0, 0.1) is 0 Å². The monoisotopic (exact) mass is 276 g/mol. The molecule has 0 unspecified atom stereocenters. The highest BCUT2D eigenvalue weighted by Crippen LogP contribution is 2.24. The topological polar surface area (TPSA) is 49.5 Å². The van der Waals surface area contributed by atoms with Crippen molar-refractivity contribution >= 4 is 23.0 Å². The van der Waals surface area contributed by atoms with Crippen LogP contribution >= 0.6 is 11.6 Å². The third-order valence-electron chi connectivity index (χ3n) is 3.05. The zero-order chi connectivity index (χ0) is 13.8. The van der Waals surface area contributed by atoms with Crippen molar-refractivity contribution in [2.45, 2.75) is 13.5 Å². The molecule has 3 N–H and O–H groups in total. The lowest BCUT2D eigenvalue weighted by atomic mass is 10.1. The number of hydrogen-bond acceptors (Lipinski definition) is 3. The van der Waals surface area contributed by atoms with Crippen LogP contribution in [-0.4, -0.2) is 11.7 Å². The number of aromatic hydroxyl groups is 1. The molecule has 19 heavy (non-hydrogen) atoms. The van der Waals surface area contributed by atoms with Crippen LogP contribution < -0.4 is 10.6 Å². The summed E-state index contributed by atoms with van der Waals surface area (Å²) < 4.78 is 0. The Balaban J connectivity index is 2.24. The normalized spacial score (nSPS) is 10.4. The smallest absolute Gasteiger partial charge is 0.117 e. The first-order chi connectivity index (χ1) is 9.10. The maximum Gasteiger partial charge on any atom is 0.117 e. The summed E-state index contributed by atoms with van der Waals surface area (Å²) >= 11 is 5.90. The second-order valence-electron chi connectivity index (χ2n) is 4.38. The SMILES string of the molecule is CCN(Cc1ccc(Cl)cc1N)c1cccc(O)c1. The van der Waals surface area contributed by atoms with E-state index in [0.29, 0.717) is 17.3 Å². The van der Waals surface area contributed by atoms with E-state index >= 15 is 0 Å². The molecule has 2 aromatic rings. The summed E-state index contributed by atoms with van der Waals surface area (Å²) in [4.78, 5) is 2.14. The van der Waals surface area contributed by atoms with E-state index in [4.69, 9.17) is 17.3 Å². The van der Waals surface area contributed by atoms with Gasteiger partial charge in [0.05, 0.1) is 0 Å². The Labute approximate surface area is 118 Å². The molecule has 3 nitrogen and oxygen atoms in total. The van der Waals surface area contributed by atoms with Gasteiger partial charge in [-0.2, -0.15) is 0 Å². The molecule has 0 heterocycles. The molecule has 2 aromatic carbocycles. The van der Waals surface area contributed by atoms with Gasteiger partial charge in [0.15, 0.2) is 0 Å². The van der Waals surface area contributed by atoms with Crippen molar-refractivity contribution in [2.75, 3.05) is 17.2 Å². The molecule has 0 bridgehead atoms. The van der Waals surface area contributed by atoms with Crippen molar-refractivity contribution in [2.24, 2.45) is 0 Å². The first-order valence-corrected chi connectivity index (χ1v) is 6.56. The summed E-state index contributed by atoms with van der Waals surface area (Å²) in [6.07, 6.45) is 0. The standard InChI is InChI=1S/C15H17ClN2O/c1-2-18(13-4-3-5-14(19)9-13)10-11-6-7-12(16)8-15(11)17/h3-9,19H,2,10,17H2,1H3. The van der Waals surface area contributed by atoms with Gasteiger partial charge in [0.1, 0.15) is 5.75 Å². The Morgan fingerprint density at radius 2 is 2.00 bits per heavy atom. The molecule has 0 aliphatic carbocycles. The van der Waals surface area contributed by atoms with E-state index in [0.717, 1.165) is 17.8 Å². The molecule has 0 aliphatic rings. The third-order valence-corrected chi connectivity index (χ3v) is 3.28. The highest BCUT2D eigenvalue weighted by atomic mass is 35.5. The van der Waals surface area contributed by atoms with E-state index in [1.807, 2.05) is 24.3 Å². The lowest BCUT2D eigenvalue weighted by Gasteiger charge is -2.24. The summed E-state index contributed by atoms with van der Waals surface area (Å²) in [6, 6.07) is 12.7. The first kappa shape index (κ1) is 13.6. The Bertz CT molecular complexity index is 572. The Morgan fingerprint density at radius 3 is 2.63 bits per heavy atom. The summed E-state index contributed by atoms with van der Waals surface area (Å²) in [6.45, 7) is 3.57. The molecule has 100 valence electrons. The van der Waals surface area contributed by atoms with Crippen molar-refractivity contribution in [3.05, 3.63) is 53.1 Å². The van der Waals surface area contributed by atoms with E-state index in [9.17, 15) is 5.11 Å². The van der Waals surface area contributed by atoms with E-state index in [-0.39, 0.29) is 5.75 Å². The summed E-state index contributed by atoms with van der Waals surface area (Å²) in [5.74, 6) is 0.264. The fourth-order valence-electron chi connectivity index (χ4n) is 1.99. The molecular formula is C15H17ClN2O. The van der Waals surface area contributed by atoms with Crippen LogP contribution in [0.3, 0.4) is 0 Å². The van der Waals surface area contributed by atoms with Crippen molar-refractivity contribution in [3.63, 3.8) is 0 Å². The van der Waals surface area contributed by atoms with Crippen LogP contribution in [0.5, 0.6) is 5.75 Å². The minimum atomic E-state index is 0.264. The number of phenols is 1. The molecule has 0 aromatic heterocycles. The Kier molecular flexibility index (Phi) is 4.17. The molecule has 0 spiro atoms. The molecule has 0 fully saturated rings. The summed E-state index contributed by atoms with van der Waals surface area (Å²) in [5, 5.41) is 10.2. The van der Waals surface area contributed by atoms with E-state index in [2.05, 4.69) is 11.8 Å². The number of nitrogen functional groups attached to an aromatic ring is 1. The van der Waals surface area contributed by atoms with Crippen molar-refractivity contribution in [1.82, 2.24) is 0 Å². The Hall–Kier alpha value is -1.87. The summed E-state index contributed by atoms with van der Waals surface area (Å²) in [5.41, 5.74) is 8.65. The molecular weight excluding hydrogens is 260 g/mol. The summed E-state index contributed by atoms with van der Waals surface area (Å²) in [7, 11) is 0.